The zero-order chi connectivity index (χ0) is 23.4. The number of hydrogen-bond donors (Lipinski definition) is 1. The Morgan fingerprint density at radius 3 is 2.30 bits per heavy atom. The lowest BCUT2D eigenvalue weighted by Gasteiger charge is -2.34. The summed E-state index contributed by atoms with van der Waals surface area (Å²) >= 11 is 0. The van der Waals surface area contributed by atoms with E-state index in [9.17, 15) is 18.0 Å². The third-order valence-electron chi connectivity index (χ3n) is 6.55. The fraction of sp³-hybridized carbons (Fsp3) is 0.500. The van der Waals surface area contributed by atoms with Gasteiger partial charge < -0.3 is 15.0 Å². The van der Waals surface area contributed by atoms with Gasteiger partial charge in [0.05, 0.1) is 11.5 Å². The SMILES string of the molecule is CCOC(=O)N1CCC(NC(=O)C2CCN(S(=O)(=O)c3ccc4ccccc4c3)CC2)CC1. The maximum Gasteiger partial charge on any atom is 0.409 e. The number of amides is 2. The predicted molar refractivity (Wildman–Crippen MR) is 125 cm³/mol. The first kappa shape index (κ1) is 23.5. The first-order valence-electron chi connectivity index (χ1n) is 11.6. The molecule has 2 amide bonds. The molecule has 0 unspecified atom stereocenters. The van der Waals surface area contributed by atoms with Crippen LogP contribution in [0.1, 0.15) is 32.6 Å². The second-order valence-corrected chi connectivity index (χ2v) is 10.6. The van der Waals surface area contributed by atoms with Crippen LogP contribution in [0, 0.1) is 5.92 Å². The Hall–Kier alpha value is -2.65. The van der Waals surface area contributed by atoms with Crippen LogP contribution < -0.4 is 5.32 Å². The highest BCUT2D eigenvalue weighted by molar-refractivity contribution is 7.89. The number of rotatable bonds is 5. The molecule has 0 saturated carbocycles. The molecule has 2 heterocycles. The van der Waals surface area contributed by atoms with E-state index in [1.807, 2.05) is 30.3 Å². The fourth-order valence-corrected chi connectivity index (χ4v) is 6.08. The van der Waals surface area contributed by atoms with E-state index < -0.39 is 10.0 Å². The van der Waals surface area contributed by atoms with Crippen molar-refractivity contribution in [3.63, 3.8) is 0 Å². The highest BCUT2D eigenvalue weighted by Gasteiger charge is 2.33. The van der Waals surface area contributed by atoms with Crippen LogP contribution in [-0.2, 0) is 19.6 Å². The summed E-state index contributed by atoms with van der Waals surface area (Å²) in [5, 5.41) is 4.99. The first-order valence-corrected chi connectivity index (χ1v) is 13.0. The average molecular weight is 474 g/mol. The van der Waals surface area contributed by atoms with E-state index in [1.165, 1.54) is 4.31 Å². The molecule has 2 aromatic rings. The van der Waals surface area contributed by atoms with Crippen molar-refractivity contribution in [3.8, 4) is 0 Å². The molecule has 1 N–H and O–H groups in total. The molecule has 2 aromatic carbocycles. The summed E-state index contributed by atoms with van der Waals surface area (Å²) in [6.45, 7) is 3.91. The van der Waals surface area contributed by atoms with Crippen molar-refractivity contribution in [1.82, 2.24) is 14.5 Å². The highest BCUT2D eigenvalue weighted by Crippen LogP contribution is 2.26. The molecule has 0 bridgehead atoms. The minimum Gasteiger partial charge on any atom is -0.450 e. The molecule has 8 nitrogen and oxygen atoms in total. The van der Waals surface area contributed by atoms with E-state index in [4.69, 9.17) is 4.74 Å². The van der Waals surface area contributed by atoms with Crippen molar-refractivity contribution in [2.75, 3.05) is 32.8 Å². The Kier molecular flexibility index (Phi) is 7.19. The number of carbonyl (C=O) groups is 2. The fourth-order valence-electron chi connectivity index (χ4n) is 4.58. The Morgan fingerprint density at radius 1 is 0.970 bits per heavy atom. The van der Waals surface area contributed by atoms with Crippen molar-refractivity contribution in [2.24, 2.45) is 5.92 Å². The summed E-state index contributed by atoms with van der Waals surface area (Å²) in [7, 11) is -3.60. The first-order chi connectivity index (χ1) is 15.9. The van der Waals surface area contributed by atoms with E-state index in [0.717, 1.165) is 10.8 Å². The lowest BCUT2D eigenvalue weighted by molar-refractivity contribution is -0.127. The van der Waals surface area contributed by atoms with Crippen molar-refractivity contribution in [2.45, 2.75) is 43.5 Å². The monoisotopic (exact) mass is 473 g/mol. The minimum atomic E-state index is -3.60. The van der Waals surface area contributed by atoms with Gasteiger partial charge in [0.25, 0.3) is 0 Å². The molecule has 0 spiro atoms. The van der Waals surface area contributed by atoms with Crippen LogP contribution in [0.5, 0.6) is 0 Å². The zero-order valence-electron chi connectivity index (χ0n) is 18.9. The predicted octanol–water partition coefficient (Wildman–Crippen LogP) is 2.98. The second-order valence-electron chi connectivity index (χ2n) is 8.66. The Bertz CT molecular complexity index is 1100. The lowest BCUT2D eigenvalue weighted by Crippen LogP contribution is -2.49. The molecule has 0 aliphatic carbocycles. The normalized spacial score (nSPS) is 18.9. The van der Waals surface area contributed by atoms with Crippen LogP contribution >= 0.6 is 0 Å². The Morgan fingerprint density at radius 2 is 1.64 bits per heavy atom. The molecule has 9 heteroatoms. The Labute approximate surface area is 194 Å². The van der Waals surface area contributed by atoms with Gasteiger partial charge >= 0.3 is 6.09 Å². The highest BCUT2D eigenvalue weighted by atomic mass is 32.2. The number of nitrogens with zero attached hydrogens (tertiary/aromatic N) is 2. The number of fused-ring (bicyclic) bond motifs is 1. The summed E-state index contributed by atoms with van der Waals surface area (Å²) < 4.78 is 32.8. The molecule has 2 fully saturated rings. The number of likely N-dealkylation sites (tertiary alicyclic amines) is 1. The van der Waals surface area contributed by atoms with Gasteiger partial charge in [-0.05, 0) is 55.5 Å². The average Bonchev–Trinajstić information content (AvgIpc) is 2.84. The van der Waals surface area contributed by atoms with Gasteiger partial charge in [-0.25, -0.2) is 13.2 Å². The number of benzene rings is 2. The van der Waals surface area contributed by atoms with Crippen LogP contribution in [0.3, 0.4) is 0 Å². The molecule has 0 aromatic heterocycles. The zero-order valence-corrected chi connectivity index (χ0v) is 19.7. The van der Waals surface area contributed by atoms with Gasteiger partial charge in [-0.1, -0.05) is 30.3 Å². The van der Waals surface area contributed by atoms with Crippen molar-refractivity contribution < 1.29 is 22.7 Å². The molecule has 4 rings (SSSR count). The number of carbonyl (C=O) groups excluding carboxylic acids is 2. The van der Waals surface area contributed by atoms with Crippen molar-refractivity contribution in [3.05, 3.63) is 42.5 Å². The maximum atomic E-state index is 13.1. The molecule has 0 radical (unpaired) electrons. The van der Waals surface area contributed by atoms with Crippen LogP contribution in [0.2, 0.25) is 0 Å². The molecular weight excluding hydrogens is 442 g/mol. The van der Waals surface area contributed by atoms with Crippen LogP contribution in [0.4, 0.5) is 4.79 Å². The topological polar surface area (TPSA) is 96.0 Å². The lowest BCUT2D eigenvalue weighted by atomic mass is 9.96. The van der Waals surface area contributed by atoms with Crippen LogP contribution in [0.15, 0.2) is 47.4 Å². The number of piperidine rings is 2. The molecule has 2 aliphatic heterocycles. The van der Waals surface area contributed by atoms with E-state index in [-0.39, 0.29) is 28.9 Å². The van der Waals surface area contributed by atoms with Gasteiger partial charge in [-0.15, -0.1) is 0 Å². The summed E-state index contributed by atoms with van der Waals surface area (Å²) in [4.78, 5) is 26.5. The van der Waals surface area contributed by atoms with Gasteiger partial charge in [-0.2, -0.15) is 4.31 Å². The second kappa shape index (κ2) is 10.1. The summed E-state index contributed by atoms with van der Waals surface area (Å²) in [5.41, 5.74) is 0. The molecule has 178 valence electrons. The smallest absolute Gasteiger partial charge is 0.409 e. The van der Waals surface area contributed by atoms with E-state index in [0.29, 0.717) is 58.5 Å². The summed E-state index contributed by atoms with van der Waals surface area (Å²) in [6, 6.07) is 12.9. The third kappa shape index (κ3) is 5.30. The number of ether oxygens (including phenoxy) is 1. The van der Waals surface area contributed by atoms with E-state index in [2.05, 4.69) is 5.32 Å². The van der Waals surface area contributed by atoms with Crippen LogP contribution in [0.25, 0.3) is 10.8 Å². The van der Waals surface area contributed by atoms with Gasteiger partial charge in [0.15, 0.2) is 0 Å². The minimum absolute atomic E-state index is 0.0210. The van der Waals surface area contributed by atoms with Crippen molar-refractivity contribution >= 4 is 32.8 Å². The number of hydrogen-bond acceptors (Lipinski definition) is 5. The quantitative estimate of drug-likeness (QED) is 0.720. The van der Waals surface area contributed by atoms with E-state index >= 15 is 0 Å². The number of nitrogens with one attached hydrogen (secondary N) is 1. The molecule has 0 atom stereocenters. The van der Waals surface area contributed by atoms with Gasteiger partial charge in [-0.3, -0.25) is 4.79 Å². The molecule has 2 saturated heterocycles. The largest absolute Gasteiger partial charge is 0.450 e. The summed E-state index contributed by atoms with van der Waals surface area (Å²) in [5.74, 6) is -0.219. The van der Waals surface area contributed by atoms with E-state index in [1.54, 1.807) is 24.0 Å². The van der Waals surface area contributed by atoms with Gasteiger partial charge in [0, 0.05) is 38.1 Å². The Balaban J connectivity index is 1.29. The maximum absolute atomic E-state index is 13.1. The van der Waals surface area contributed by atoms with Gasteiger partial charge in [0.1, 0.15) is 0 Å². The molecular formula is C24H31N3O5S. The van der Waals surface area contributed by atoms with Crippen molar-refractivity contribution in [1.29, 1.82) is 0 Å². The van der Waals surface area contributed by atoms with Crippen LogP contribution in [-0.4, -0.2) is 68.5 Å². The standard InChI is InChI=1S/C24H31N3O5S/c1-2-32-24(29)26-13-11-21(12-14-26)25-23(28)19-9-15-27(16-10-19)33(30,31)22-8-7-18-5-3-4-6-20(18)17-22/h3-8,17,19,21H,2,9-16H2,1H3,(H,25,28). The molecule has 2 aliphatic rings. The number of sulfonamides is 1. The third-order valence-corrected chi connectivity index (χ3v) is 8.45. The van der Waals surface area contributed by atoms with Gasteiger partial charge in [0.2, 0.25) is 15.9 Å². The summed E-state index contributed by atoms with van der Waals surface area (Å²) in [6.07, 6.45) is 2.09. The molecule has 33 heavy (non-hydrogen) atoms.